The van der Waals surface area contributed by atoms with Gasteiger partial charge in [-0.25, -0.2) is 0 Å². The van der Waals surface area contributed by atoms with Gasteiger partial charge in [0.1, 0.15) is 6.78 Å². The first-order valence-corrected chi connectivity index (χ1v) is 21.4. The van der Waals surface area contributed by atoms with Crippen LogP contribution in [-0.2, 0) is 0 Å². The Morgan fingerprint density at radius 2 is 1.27 bits per heavy atom. The number of benzene rings is 1. The Kier molecular flexibility index (Phi) is 4.63. The van der Waals surface area contributed by atoms with Crippen molar-refractivity contribution in [2.24, 2.45) is 5.41 Å². The molecule has 0 radical (unpaired) electrons. The van der Waals surface area contributed by atoms with E-state index in [-0.39, 0.29) is 0 Å². The van der Waals surface area contributed by atoms with Crippen LogP contribution >= 0.6 is 8.13 Å². The molecule has 1 aromatic carbocycles. The van der Waals surface area contributed by atoms with E-state index in [1.54, 1.807) is 10.9 Å². The highest BCUT2D eigenvalue weighted by atomic mass is 31.4. The first kappa shape index (κ1) is 18.4. The second-order valence-corrected chi connectivity index (χ2v) is 42.5. The van der Waals surface area contributed by atoms with Gasteiger partial charge in [0, 0.05) is 15.2 Å². The maximum absolute atomic E-state index is 2.66. The summed E-state index contributed by atoms with van der Waals surface area (Å²) in [4.78, 5) is 0. The van der Waals surface area contributed by atoms with Crippen LogP contribution in [0.3, 0.4) is 0 Å². The molecule has 1 atom stereocenters. The zero-order valence-corrected chi connectivity index (χ0v) is 19.9. The first-order chi connectivity index (χ1) is 9.82. The van der Waals surface area contributed by atoms with Crippen molar-refractivity contribution in [1.29, 1.82) is 0 Å². The van der Waals surface area contributed by atoms with E-state index in [0.29, 0.717) is 5.41 Å². The van der Waals surface area contributed by atoms with Crippen molar-refractivity contribution in [1.82, 2.24) is 0 Å². The van der Waals surface area contributed by atoms with Crippen LogP contribution in [0.5, 0.6) is 0 Å². The average Bonchev–Trinajstić information content (AvgIpc) is 2.23. The summed E-state index contributed by atoms with van der Waals surface area (Å²) in [5.74, 6) is 0. The van der Waals surface area contributed by atoms with Crippen molar-refractivity contribution in [3.05, 3.63) is 41.2 Å². The minimum Gasteiger partial charge on any atom is -0.106 e. The summed E-state index contributed by atoms with van der Waals surface area (Å²) in [6.07, 6.45) is 0. The molecule has 0 saturated heterocycles. The standard InChI is InChI=1S/C18H33PSi3/c1-18(2,3)17-16(15-13-11-10-12-14-15)22(19-17,20(4,5)6)21(7,8)9/h10-14,19H,1-9H3. The third-order valence-electron chi connectivity index (χ3n) is 5.00. The van der Waals surface area contributed by atoms with E-state index in [9.17, 15) is 0 Å². The van der Waals surface area contributed by atoms with Crippen molar-refractivity contribution in [2.75, 3.05) is 0 Å². The van der Waals surface area contributed by atoms with E-state index < -0.39 is 22.0 Å². The van der Waals surface area contributed by atoms with Crippen molar-refractivity contribution in [3.63, 3.8) is 0 Å². The molecule has 122 valence electrons. The summed E-state index contributed by atoms with van der Waals surface area (Å²) in [6, 6.07) is 11.4. The lowest BCUT2D eigenvalue weighted by Crippen LogP contribution is -2.73. The van der Waals surface area contributed by atoms with Gasteiger partial charge in [-0.2, -0.15) is 0 Å². The topological polar surface area (TPSA) is 0 Å². The van der Waals surface area contributed by atoms with E-state index >= 15 is 0 Å². The molecule has 1 aliphatic heterocycles. The zero-order chi connectivity index (χ0) is 17.0. The molecule has 0 nitrogen and oxygen atoms in total. The van der Waals surface area contributed by atoms with Crippen LogP contribution in [0.15, 0.2) is 35.6 Å². The first-order valence-electron chi connectivity index (χ1n) is 8.41. The molecule has 1 aromatic rings. The van der Waals surface area contributed by atoms with E-state index in [4.69, 9.17) is 0 Å². The summed E-state index contributed by atoms with van der Waals surface area (Å²) in [5, 5.41) is 3.69. The quantitative estimate of drug-likeness (QED) is 0.427. The molecule has 0 spiro atoms. The maximum Gasteiger partial charge on any atom is 0.100 e. The Balaban J connectivity index is 2.77. The van der Waals surface area contributed by atoms with E-state index in [2.05, 4.69) is 90.4 Å². The summed E-state index contributed by atoms with van der Waals surface area (Å²) >= 11 is 0. The largest absolute Gasteiger partial charge is 0.106 e. The van der Waals surface area contributed by atoms with E-state index in [1.807, 2.05) is 5.20 Å². The third-order valence-corrected chi connectivity index (χ3v) is 59.5. The molecule has 1 unspecified atom stereocenters. The van der Waals surface area contributed by atoms with Crippen LogP contribution in [0.2, 0.25) is 39.3 Å². The summed E-state index contributed by atoms with van der Waals surface area (Å²) in [5.41, 5.74) is 1.89. The molecule has 0 fully saturated rings. The van der Waals surface area contributed by atoms with Crippen molar-refractivity contribution < 1.29 is 0 Å². The highest BCUT2D eigenvalue weighted by Crippen LogP contribution is 2.67. The van der Waals surface area contributed by atoms with Crippen LogP contribution in [0, 0.1) is 5.41 Å². The second kappa shape index (κ2) is 5.54. The molecule has 0 aliphatic carbocycles. The Morgan fingerprint density at radius 1 is 0.818 bits per heavy atom. The highest BCUT2D eigenvalue weighted by Gasteiger charge is 2.63. The molecular formula is C18H33PSi3. The van der Waals surface area contributed by atoms with Crippen molar-refractivity contribution in [3.8, 4) is 0 Å². The lowest BCUT2D eigenvalue weighted by molar-refractivity contribution is 0.534. The van der Waals surface area contributed by atoms with Gasteiger partial charge in [-0.1, -0.05) is 90.4 Å². The van der Waals surface area contributed by atoms with Crippen LogP contribution < -0.4 is 0 Å². The molecule has 22 heavy (non-hydrogen) atoms. The van der Waals surface area contributed by atoms with Crippen molar-refractivity contribution >= 4 is 35.3 Å². The van der Waals surface area contributed by atoms with Gasteiger partial charge in [0.15, 0.2) is 0 Å². The monoisotopic (exact) mass is 364 g/mol. The lowest BCUT2D eigenvalue weighted by atomic mass is 9.94. The predicted octanol–water partition coefficient (Wildman–Crippen LogP) is 6.45. The van der Waals surface area contributed by atoms with Gasteiger partial charge in [-0.3, -0.25) is 0 Å². The van der Waals surface area contributed by atoms with Gasteiger partial charge in [0.05, 0.1) is 0 Å². The Labute approximate surface area is 142 Å². The average molecular weight is 365 g/mol. The Hall–Kier alpha value is 0.0406. The highest BCUT2D eigenvalue weighted by molar-refractivity contribution is 8.18. The summed E-state index contributed by atoms with van der Waals surface area (Å²) in [6.45, 7) is 21.9. The molecule has 4 heteroatoms. The molecule has 2 rings (SSSR count). The minimum atomic E-state index is -1.30. The van der Waals surface area contributed by atoms with E-state index in [0.717, 1.165) is 0 Å². The van der Waals surface area contributed by atoms with Gasteiger partial charge in [0.25, 0.3) is 0 Å². The van der Waals surface area contributed by atoms with Gasteiger partial charge in [-0.15, -0.1) is 8.13 Å². The number of rotatable bonds is 3. The van der Waals surface area contributed by atoms with E-state index in [1.165, 1.54) is 8.13 Å². The normalized spacial score (nSPS) is 20.2. The minimum absolute atomic E-state index is 0.333. The number of allylic oxidation sites excluding steroid dienone is 1. The van der Waals surface area contributed by atoms with Gasteiger partial charge < -0.3 is 0 Å². The van der Waals surface area contributed by atoms with Crippen LogP contribution in [-0.4, -0.2) is 22.0 Å². The summed E-state index contributed by atoms with van der Waals surface area (Å²) < 4.78 is 0. The van der Waals surface area contributed by atoms with Gasteiger partial charge >= 0.3 is 0 Å². The fraction of sp³-hybridized carbons (Fsp3) is 0.556. The van der Waals surface area contributed by atoms with Crippen molar-refractivity contribution in [2.45, 2.75) is 60.1 Å². The Morgan fingerprint density at radius 3 is 1.64 bits per heavy atom. The van der Waals surface area contributed by atoms with Crippen LogP contribution in [0.25, 0.3) is 5.20 Å². The fourth-order valence-corrected chi connectivity index (χ4v) is 60.0. The summed E-state index contributed by atoms with van der Waals surface area (Å²) in [7, 11) is -1.17. The van der Waals surface area contributed by atoms with Crippen LogP contribution in [0.1, 0.15) is 26.3 Å². The maximum atomic E-state index is 2.66. The predicted molar refractivity (Wildman–Crippen MR) is 114 cm³/mol. The number of hydrogen-bond acceptors (Lipinski definition) is 0. The molecule has 0 saturated carbocycles. The molecular weight excluding hydrogens is 331 g/mol. The molecule has 0 aromatic heterocycles. The van der Waals surface area contributed by atoms with Gasteiger partial charge in [0.2, 0.25) is 0 Å². The number of hydrogen-bond donors (Lipinski definition) is 0. The van der Waals surface area contributed by atoms with Gasteiger partial charge in [-0.05, 0) is 21.5 Å². The smallest absolute Gasteiger partial charge is 0.100 e. The molecule has 0 bridgehead atoms. The molecule has 0 N–H and O–H groups in total. The molecule has 1 aliphatic rings. The zero-order valence-electron chi connectivity index (χ0n) is 15.9. The lowest BCUT2D eigenvalue weighted by Gasteiger charge is -2.60. The third kappa shape index (κ3) is 2.79. The molecule has 1 heterocycles. The van der Waals surface area contributed by atoms with Crippen LogP contribution in [0.4, 0.5) is 0 Å². The molecule has 0 amide bonds. The second-order valence-electron chi connectivity index (χ2n) is 9.74. The Bertz CT molecular complexity index is 569. The fourth-order valence-electron chi connectivity index (χ4n) is 4.22. The SMILES string of the molecule is CC(C)(C)C1=C(c2ccccc2)[Si]([Si](C)(C)C)([Si](C)(C)C)P1.